The highest BCUT2D eigenvalue weighted by Gasteiger charge is 2.54. The quantitative estimate of drug-likeness (QED) is 0.411. The lowest BCUT2D eigenvalue weighted by molar-refractivity contribution is -0.386. The number of hydrogen-bond acceptors (Lipinski definition) is 9. The van der Waals surface area contributed by atoms with E-state index in [0.29, 0.717) is 0 Å². The van der Waals surface area contributed by atoms with Gasteiger partial charge in [0.2, 0.25) is 0 Å². The number of nitrogens with one attached hydrogen (secondary N) is 1. The summed E-state index contributed by atoms with van der Waals surface area (Å²) >= 11 is 0. The van der Waals surface area contributed by atoms with Crippen molar-refractivity contribution in [2.24, 2.45) is 5.10 Å². The van der Waals surface area contributed by atoms with Gasteiger partial charge in [-0.3, -0.25) is 15.5 Å². The van der Waals surface area contributed by atoms with Crippen molar-refractivity contribution in [3.05, 3.63) is 39.9 Å². The summed E-state index contributed by atoms with van der Waals surface area (Å²) in [6.07, 6.45) is -2.02. The minimum Gasteiger partial charge on any atom is -0.464 e. The highest BCUT2D eigenvalue weighted by atomic mass is 16.6. The van der Waals surface area contributed by atoms with Gasteiger partial charge in [-0.2, -0.15) is 5.10 Å². The van der Waals surface area contributed by atoms with Crippen LogP contribution in [0.1, 0.15) is 31.9 Å². The molecule has 0 spiro atoms. The molecule has 0 amide bonds. The Labute approximate surface area is 148 Å². The molecule has 0 fully saturated rings. The topological polar surface area (TPSA) is 140 Å². The van der Waals surface area contributed by atoms with Crippen LogP contribution in [-0.4, -0.2) is 46.4 Å². The number of nitro benzene ring substituents is 1. The first kappa shape index (κ1) is 19.3. The molecule has 2 N–H and O–H groups in total. The zero-order valence-corrected chi connectivity index (χ0v) is 14.3. The van der Waals surface area contributed by atoms with Crippen molar-refractivity contribution >= 4 is 23.3 Å². The number of aliphatic hydroxyl groups is 1. The second-order valence-electron chi connectivity index (χ2n) is 5.48. The predicted octanol–water partition coefficient (Wildman–Crippen LogP) is 0.842. The fraction of sp³-hybridized carbons (Fsp3) is 0.438. The number of hydrazone groups is 1. The summed E-state index contributed by atoms with van der Waals surface area (Å²) in [7, 11) is 0. The van der Waals surface area contributed by atoms with Gasteiger partial charge in [-0.25, -0.2) is 9.59 Å². The first-order valence-corrected chi connectivity index (χ1v) is 7.96. The number of nitrogens with zero attached hydrogens (tertiary/aromatic N) is 2. The molecule has 1 aromatic carbocycles. The summed E-state index contributed by atoms with van der Waals surface area (Å²) in [5.41, 5.74) is -0.000139. The van der Waals surface area contributed by atoms with E-state index in [9.17, 15) is 24.8 Å². The number of rotatable bonds is 7. The number of para-hydroxylation sites is 1. The Morgan fingerprint density at radius 1 is 1.35 bits per heavy atom. The van der Waals surface area contributed by atoms with Crippen LogP contribution in [-0.2, 0) is 19.1 Å². The number of aliphatic hydroxyl groups excluding tert-OH is 1. The van der Waals surface area contributed by atoms with E-state index < -0.39 is 28.5 Å². The van der Waals surface area contributed by atoms with Gasteiger partial charge >= 0.3 is 11.9 Å². The molecule has 2 unspecified atom stereocenters. The summed E-state index contributed by atoms with van der Waals surface area (Å²) < 4.78 is 9.86. The molecule has 0 aromatic heterocycles. The molecule has 10 heteroatoms. The third kappa shape index (κ3) is 3.49. The van der Waals surface area contributed by atoms with Crippen molar-refractivity contribution in [2.45, 2.75) is 31.9 Å². The van der Waals surface area contributed by atoms with Crippen LogP contribution in [0.15, 0.2) is 29.4 Å². The molecule has 2 atom stereocenters. The molecule has 10 nitrogen and oxygen atoms in total. The highest BCUT2D eigenvalue weighted by Crippen LogP contribution is 2.37. The summed E-state index contributed by atoms with van der Waals surface area (Å²) in [4.78, 5) is 35.0. The van der Waals surface area contributed by atoms with E-state index in [2.05, 4.69) is 10.5 Å². The zero-order chi connectivity index (χ0) is 19.3. The molecule has 140 valence electrons. The van der Waals surface area contributed by atoms with Crippen molar-refractivity contribution < 1.29 is 29.1 Å². The molecule has 0 radical (unpaired) electrons. The van der Waals surface area contributed by atoms with E-state index in [0.717, 1.165) is 0 Å². The number of carbonyl (C=O) groups excluding carboxylic acids is 2. The predicted molar refractivity (Wildman–Crippen MR) is 89.2 cm³/mol. The molecule has 1 aliphatic rings. The molecule has 1 aliphatic heterocycles. The molecule has 0 bridgehead atoms. The third-order valence-corrected chi connectivity index (χ3v) is 3.88. The lowest BCUT2D eigenvalue weighted by Gasteiger charge is -2.31. The lowest BCUT2D eigenvalue weighted by atomic mass is 9.83. The maximum Gasteiger partial charge on any atom is 0.354 e. The first-order chi connectivity index (χ1) is 12.4. The van der Waals surface area contributed by atoms with Crippen LogP contribution in [0, 0.1) is 10.1 Å². The molecule has 1 heterocycles. The van der Waals surface area contributed by atoms with Gasteiger partial charge in [-0.05, 0) is 19.9 Å². The summed E-state index contributed by atoms with van der Waals surface area (Å²) in [6.45, 7) is 3.31. The van der Waals surface area contributed by atoms with E-state index in [-0.39, 0.29) is 36.6 Å². The summed E-state index contributed by atoms with van der Waals surface area (Å²) in [6, 6.07) is 5.47. The Morgan fingerprint density at radius 2 is 2.00 bits per heavy atom. The molecule has 26 heavy (non-hydrogen) atoms. The lowest BCUT2D eigenvalue weighted by Crippen LogP contribution is -2.53. The summed E-state index contributed by atoms with van der Waals surface area (Å²) in [5, 5.41) is 25.9. The number of benzene rings is 1. The number of carbonyl (C=O) groups is 2. The zero-order valence-electron chi connectivity index (χ0n) is 14.3. The van der Waals surface area contributed by atoms with E-state index in [1.54, 1.807) is 13.8 Å². The Hall–Kier alpha value is -3.01. The Morgan fingerprint density at radius 3 is 2.62 bits per heavy atom. The molecule has 0 saturated heterocycles. The fourth-order valence-electron chi connectivity index (χ4n) is 2.64. The molecular weight excluding hydrogens is 346 g/mol. The molecule has 1 aromatic rings. The average molecular weight is 365 g/mol. The third-order valence-electron chi connectivity index (χ3n) is 3.88. The van der Waals surface area contributed by atoms with Crippen molar-refractivity contribution in [2.75, 3.05) is 13.2 Å². The normalized spacial score (nSPS) is 19.9. The van der Waals surface area contributed by atoms with Gasteiger partial charge < -0.3 is 14.6 Å². The van der Waals surface area contributed by atoms with E-state index in [1.165, 1.54) is 24.3 Å². The molecular formula is C16H19N3O7. The van der Waals surface area contributed by atoms with Crippen molar-refractivity contribution in [3.63, 3.8) is 0 Å². The Kier molecular flexibility index (Phi) is 5.88. The number of nitro groups is 1. The summed E-state index contributed by atoms with van der Waals surface area (Å²) in [5.74, 6) is -1.63. The van der Waals surface area contributed by atoms with Gasteiger partial charge in [0.15, 0.2) is 5.54 Å². The molecule has 0 saturated carbocycles. The van der Waals surface area contributed by atoms with E-state index in [1.807, 2.05) is 0 Å². The Balaban J connectivity index is 2.43. The second kappa shape index (κ2) is 7.91. The number of esters is 2. The smallest absolute Gasteiger partial charge is 0.354 e. The van der Waals surface area contributed by atoms with Gasteiger partial charge in [-0.15, -0.1) is 0 Å². The first-order valence-electron chi connectivity index (χ1n) is 7.96. The van der Waals surface area contributed by atoms with Crippen LogP contribution >= 0.6 is 0 Å². The second-order valence-corrected chi connectivity index (χ2v) is 5.48. The maximum atomic E-state index is 12.5. The fourth-order valence-corrected chi connectivity index (χ4v) is 2.64. The number of ether oxygens (including phenoxy) is 2. The minimum absolute atomic E-state index is 0.0145. The molecule has 0 aliphatic carbocycles. The van der Waals surface area contributed by atoms with E-state index in [4.69, 9.17) is 9.47 Å². The highest BCUT2D eigenvalue weighted by molar-refractivity contribution is 6.37. The van der Waals surface area contributed by atoms with Crippen molar-refractivity contribution in [3.8, 4) is 0 Å². The van der Waals surface area contributed by atoms with Gasteiger partial charge in [0.25, 0.3) is 5.69 Å². The van der Waals surface area contributed by atoms with Crippen LogP contribution in [0.25, 0.3) is 0 Å². The van der Waals surface area contributed by atoms with E-state index >= 15 is 0 Å². The van der Waals surface area contributed by atoms with Gasteiger partial charge in [0.1, 0.15) is 11.8 Å². The standard InChI is InChI=1S/C16H19N3O7/c1-3-25-14(21)11-9-16(18-17-11,15(22)26-4-2)13(20)10-7-5-6-8-12(10)19(23)24/h5-8,13,18,20H,3-4,9H2,1-2H3. The Bertz CT molecular complexity index is 749. The van der Waals surface area contributed by atoms with Crippen molar-refractivity contribution in [1.82, 2.24) is 5.43 Å². The van der Waals surface area contributed by atoms with Gasteiger partial charge in [-0.1, -0.05) is 12.1 Å². The van der Waals surface area contributed by atoms with Gasteiger partial charge in [0.05, 0.1) is 23.7 Å². The van der Waals surface area contributed by atoms with Crippen LogP contribution in [0.4, 0.5) is 5.69 Å². The minimum atomic E-state index is -1.87. The van der Waals surface area contributed by atoms with Crippen molar-refractivity contribution in [1.29, 1.82) is 0 Å². The van der Waals surface area contributed by atoms with Crippen LogP contribution in [0.2, 0.25) is 0 Å². The average Bonchev–Trinajstić information content (AvgIpc) is 3.08. The molecule has 2 rings (SSSR count). The van der Waals surface area contributed by atoms with Crippen LogP contribution < -0.4 is 5.43 Å². The van der Waals surface area contributed by atoms with Gasteiger partial charge in [0, 0.05) is 12.5 Å². The largest absolute Gasteiger partial charge is 0.464 e. The maximum absolute atomic E-state index is 12.5. The number of hydrogen-bond donors (Lipinski definition) is 2. The SMILES string of the molecule is CCOC(=O)C1=NNC(C(=O)OCC)(C(O)c2ccccc2[N+](=O)[O-])C1. The van der Waals surface area contributed by atoms with Crippen LogP contribution in [0.3, 0.4) is 0 Å². The monoisotopic (exact) mass is 365 g/mol. The van der Waals surface area contributed by atoms with Crippen LogP contribution in [0.5, 0.6) is 0 Å².